The van der Waals surface area contributed by atoms with Gasteiger partial charge in [0.15, 0.2) is 11.5 Å². The number of methoxy groups -OCH3 is 1. The van der Waals surface area contributed by atoms with Gasteiger partial charge in [0.1, 0.15) is 6.61 Å². The van der Waals surface area contributed by atoms with Crippen molar-refractivity contribution in [2.75, 3.05) is 12.4 Å². The molecule has 0 aliphatic carbocycles. The monoisotopic (exact) mass is 489 g/mol. The van der Waals surface area contributed by atoms with Gasteiger partial charge in [-0.15, -0.1) is 0 Å². The van der Waals surface area contributed by atoms with Gasteiger partial charge in [-0.05, 0) is 64.3 Å². The van der Waals surface area contributed by atoms with Gasteiger partial charge in [-0.2, -0.15) is 0 Å². The second kappa shape index (κ2) is 9.87. The van der Waals surface area contributed by atoms with Crippen molar-refractivity contribution in [1.29, 1.82) is 0 Å². The number of rotatable bonds is 8. The SMILES string of the molecule is COc1cc(CNc2cc(C(=O)O)ccc2Cl)cc(Br)c1OCc1ccc(C)cc1. The summed E-state index contributed by atoms with van der Waals surface area (Å²) in [5.74, 6) is 0.209. The Morgan fingerprint density at radius 3 is 2.50 bits per heavy atom. The molecule has 156 valence electrons. The summed E-state index contributed by atoms with van der Waals surface area (Å²) < 4.78 is 12.3. The van der Waals surface area contributed by atoms with Gasteiger partial charge in [0.2, 0.25) is 0 Å². The number of carboxylic acid groups (broad SMARTS) is 1. The summed E-state index contributed by atoms with van der Waals surface area (Å²) in [6.45, 7) is 2.89. The van der Waals surface area contributed by atoms with E-state index in [1.165, 1.54) is 17.7 Å². The van der Waals surface area contributed by atoms with E-state index in [9.17, 15) is 4.79 Å². The molecule has 7 heteroatoms. The van der Waals surface area contributed by atoms with E-state index in [2.05, 4.69) is 21.2 Å². The maximum Gasteiger partial charge on any atom is 0.335 e. The Kier molecular flexibility index (Phi) is 7.24. The van der Waals surface area contributed by atoms with Crippen LogP contribution in [0.25, 0.3) is 0 Å². The van der Waals surface area contributed by atoms with Crippen LogP contribution in [0.15, 0.2) is 59.1 Å². The minimum atomic E-state index is -1.01. The fourth-order valence-electron chi connectivity index (χ4n) is 2.85. The third-order valence-electron chi connectivity index (χ3n) is 4.49. The van der Waals surface area contributed by atoms with E-state index in [1.807, 2.05) is 43.3 Å². The van der Waals surface area contributed by atoms with Gasteiger partial charge in [-0.1, -0.05) is 41.4 Å². The smallest absolute Gasteiger partial charge is 0.335 e. The zero-order valence-corrected chi connectivity index (χ0v) is 18.9. The molecule has 2 N–H and O–H groups in total. The minimum Gasteiger partial charge on any atom is -0.493 e. The standard InChI is InChI=1S/C23H21BrClNO4/c1-14-3-5-15(6-4-14)13-30-22-18(24)9-16(10-21(22)29-2)12-26-20-11-17(23(27)28)7-8-19(20)25/h3-11,26H,12-13H2,1-2H3,(H,27,28). The maximum absolute atomic E-state index is 11.2. The average molecular weight is 491 g/mol. The lowest BCUT2D eigenvalue weighted by molar-refractivity contribution is 0.0697. The fraction of sp³-hybridized carbons (Fsp3) is 0.174. The molecule has 0 saturated heterocycles. The van der Waals surface area contributed by atoms with Crippen LogP contribution < -0.4 is 14.8 Å². The van der Waals surface area contributed by atoms with E-state index in [4.69, 9.17) is 26.2 Å². The van der Waals surface area contributed by atoms with E-state index in [1.54, 1.807) is 13.2 Å². The van der Waals surface area contributed by atoms with Crippen molar-refractivity contribution >= 4 is 39.2 Å². The highest BCUT2D eigenvalue weighted by atomic mass is 79.9. The summed E-state index contributed by atoms with van der Waals surface area (Å²) in [5, 5.41) is 12.8. The van der Waals surface area contributed by atoms with E-state index in [0.717, 1.165) is 15.6 Å². The van der Waals surface area contributed by atoms with Gasteiger partial charge in [0.25, 0.3) is 0 Å². The third kappa shape index (κ3) is 5.46. The lowest BCUT2D eigenvalue weighted by Crippen LogP contribution is -2.04. The highest BCUT2D eigenvalue weighted by Gasteiger charge is 2.13. The van der Waals surface area contributed by atoms with Crippen LogP contribution in [0, 0.1) is 6.92 Å². The molecule has 0 atom stereocenters. The summed E-state index contributed by atoms with van der Waals surface area (Å²) in [6.07, 6.45) is 0. The summed E-state index contributed by atoms with van der Waals surface area (Å²) >= 11 is 9.74. The van der Waals surface area contributed by atoms with Gasteiger partial charge >= 0.3 is 5.97 Å². The van der Waals surface area contributed by atoms with Crippen LogP contribution in [0.2, 0.25) is 5.02 Å². The third-order valence-corrected chi connectivity index (χ3v) is 5.41. The topological polar surface area (TPSA) is 67.8 Å². The molecule has 0 unspecified atom stereocenters. The molecule has 0 fully saturated rings. The number of hydrogen-bond donors (Lipinski definition) is 2. The first-order chi connectivity index (χ1) is 14.4. The van der Waals surface area contributed by atoms with Gasteiger partial charge < -0.3 is 19.9 Å². The molecule has 3 aromatic carbocycles. The Bertz CT molecular complexity index is 1050. The van der Waals surface area contributed by atoms with Crippen LogP contribution in [0.1, 0.15) is 27.0 Å². The molecule has 3 aromatic rings. The number of ether oxygens (including phenoxy) is 2. The molecule has 0 aromatic heterocycles. The van der Waals surface area contributed by atoms with Crippen molar-refractivity contribution in [3.8, 4) is 11.5 Å². The number of hydrogen-bond acceptors (Lipinski definition) is 4. The summed E-state index contributed by atoms with van der Waals surface area (Å²) in [6, 6.07) is 16.5. The van der Waals surface area contributed by atoms with Crippen LogP contribution in [0.5, 0.6) is 11.5 Å². The van der Waals surface area contributed by atoms with Gasteiger partial charge in [0.05, 0.1) is 27.9 Å². The second-order valence-electron chi connectivity index (χ2n) is 6.74. The summed E-state index contributed by atoms with van der Waals surface area (Å²) in [7, 11) is 1.59. The van der Waals surface area contributed by atoms with E-state index >= 15 is 0 Å². The maximum atomic E-state index is 11.2. The Morgan fingerprint density at radius 2 is 1.83 bits per heavy atom. The molecular formula is C23H21BrClNO4. The van der Waals surface area contributed by atoms with Crippen LogP contribution in [-0.4, -0.2) is 18.2 Å². The number of carbonyl (C=O) groups is 1. The molecule has 3 rings (SSSR count). The van der Waals surface area contributed by atoms with Crippen molar-refractivity contribution in [3.05, 3.63) is 86.3 Å². The molecule has 0 spiro atoms. The number of carboxylic acids is 1. The Hall–Kier alpha value is -2.70. The summed E-state index contributed by atoms with van der Waals surface area (Å²) in [5.41, 5.74) is 3.89. The van der Waals surface area contributed by atoms with Crippen molar-refractivity contribution in [3.63, 3.8) is 0 Å². The average Bonchev–Trinajstić information content (AvgIpc) is 2.73. The highest BCUT2D eigenvalue weighted by molar-refractivity contribution is 9.10. The number of benzene rings is 3. The molecule has 0 heterocycles. The van der Waals surface area contributed by atoms with Crippen molar-refractivity contribution in [2.45, 2.75) is 20.1 Å². The van der Waals surface area contributed by atoms with Crippen LogP contribution in [0.3, 0.4) is 0 Å². The zero-order chi connectivity index (χ0) is 21.7. The van der Waals surface area contributed by atoms with Crippen molar-refractivity contribution < 1.29 is 19.4 Å². The van der Waals surface area contributed by atoms with Crippen LogP contribution in [-0.2, 0) is 13.2 Å². The predicted octanol–water partition coefficient (Wildman–Crippen LogP) is 6.31. The molecule has 0 bridgehead atoms. The zero-order valence-electron chi connectivity index (χ0n) is 16.5. The number of halogens is 2. The Balaban J connectivity index is 1.74. The molecule has 0 aliphatic rings. The van der Waals surface area contributed by atoms with Gasteiger partial charge in [-0.3, -0.25) is 0 Å². The lowest BCUT2D eigenvalue weighted by atomic mass is 10.1. The minimum absolute atomic E-state index is 0.167. The van der Waals surface area contributed by atoms with Crippen LogP contribution >= 0.6 is 27.5 Å². The first-order valence-electron chi connectivity index (χ1n) is 9.19. The molecule has 30 heavy (non-hydrogen) atoms. The first-order valence-corrected chi connectivity index (χ1v) is 10.4. The quantitative estimate of drug-likeness (QED) is 0.387. The Morgan fingerprint density at radius 1 is 1.10 bits per heavy atom. The summed E-state index contributed by atoms with van der Waals surface area (Å²) in [4.78, 5) is 11.2. The normalized spacial score (nSPS) is 10.5. The van der Waals surface area contributed by atoms with Gasteiger partial charge in [0, 0.05) is 6.54 Å². The number of aromatic carboxylic acids is 1. The molecular weight excluding hydrogens is 470 g/mol. The van der Waals surface area contributed by atoms with Crippen molar-refractivity contribution in [2.24, 2.45) is 0 Å². The highest BCUT2D eigenvalue weighted by Crippen LogP contribution is 2.37. The lowest BCUT2D eigenvalue weighted by Gasteiger charge is -2.16. The predicted molar refractivity (Wildman–Crippen MR) is 122 cm³/mol. The van der Waals surface area contributed by atoms with Crippen molar-refractivity contribution in [1.82, 2.24) is 0 Å². The molecule has 0 aliphatic heterocycles. The molecule has 0 amide bonds. The molecule has 5 nitrogen and oxygen atoms in total. The van der Waals surface area contributed by atoms with E-state index in [0.29, 0.717) is 35.4 Å². The Labute approximate surface area is 188 Å². The van der Waals surface area contributed by atoms with E-state index < -0.39 is 5.97 Å². The molecule has 0 radical (unpaired) electrons. The number of aryl methyl sites for hydroxylation is 1. The number of anilines is 1. The van der Waals surface area contributed by atoms with Crippen LogP contribution in [0.4, 0.5) is 5.69 Å². The largest absolute Gasteiger partial charge is 0.493 e. The van der Waals surface area contributed by atoms with Gasteiger partial charge in [-0.25, -0.2) is 4.79 Å². The fourth-order valence-corrected chi connectivity index (χ4v) is 3.63. The second-order valence-corrected chi connectivity index (χ2v) is 8.00. The number of nitrogens with one attached hydrogen (secondary N) is 1. The molecule has 0 saturated carbocycles. The first kappa shape index (κ1) is 22.0. The van der Waals surface area contributed by atoms with E-state index in [-0.39, 0.29) is 5.56 Å².